The van der Waals surface area contributed by atoms with E-state index in [1.54, 1.807) is 37.7 Å². The van der Waals surface area contributed by atoms with E-state index in [0.29, 0.717) is 30.1 Å². The highest BCUT2D eigenvalue weighted by Crippen LogP contribution is 2.12. The molecule has 7 nitrogen and oxygen atoms in total. The number of rotatable bonds is 6. The van der Waals surface area contributed by atoms with E-state index in [-0.39, 0.29) is 11.9 Å². The second kappa shape index (κ2) is 7.33. The van der Waals surface area contributed by atoms with Crippen molar-refractivity contribution in [3.63, 3.8) is 0 Å². The number of ether oxygens (including phenoxy) is 1. The first-order valence-electron chi connectivity index (χ1n) is 6.84. The van der Waals surface area contributed by atoms with Gasteiger partial charge in [0, 0.05) is 13.7 Å². The van der Waals surface area contributed by atoms with Gasteiger partial charge in [0.1, 0.15) is 6.33 Å². The Morgan fingerprint density at radius 1 is 1.50 bits per heavy atom. The molecular weight excluding hydrogens is 282 g/mol. The Balaban J connectivity index is 2.12. The van der Waals surface area contributed by atoms with Crippen molar-refractivity contribution in [3.8, 4) is 6.07 Å². The van der Waals surface area contributed by atoms with Gasteiger partial charge in [-0.1, -0.05) is 12.1 Å². The lowest BCUT2D eigenvalue weighted by molar-refractivity contribution is 0.0937. The lowest BCUT2D eigenvalue weighted by atomic mass is 10.1. The van der Waals surface area contributed by atoms with Crippen molar-refractivity contribution in [2.24, 2.45) is 0 Å². The molecule has 1 heterocycles. The molecule has 2 aromatic rings. The summed E-state index contributed by atoms with van der Waals surface area (Å²) in [6, 6.07) is 8.36. The summed E-state index contributed by atoms with van der Waals surface area (Å²) >= 11 is 0. The molecule has 0 bridgehead atoms. The van der Waals surface area contributed by atoms with Gasteiger partial charge >= 0.3 is 0 Å². The van der Waals surface area contributed by atoms with Crippen LogP contribution >= 0.6 is 0 Å². The number of carbonyl (C=O) groups excluding carboxylic acids is 1. The van der Waals surface area contributed by atoms with Crippen LogP contribution in [-0.2, 0) is 11.3 Å². The number of nitrogens with one attached hydrogen (secondary N) is 1. The molecule has 2 rings (SSSR count). The molecule has 0 aliphatic rings. The van der Waals surface area contributed by atoms with Gasteiger partial charge in [-0.3, -0.25) is 4.79 Å². The number of hydrogen-bond donors (Lipinski definition) is 1. The number of nitrogens with zero attached hydrogens (tertiary/aromatic N) is 4. The number of methoxy groups -OCH3 is 1. The summed E-state index contributed by atoms with van der Waals surface area (Å²) in [6.45, 7) is 2.96. The molecule has 7 heteroatoms. The second-order valence-corrected chi connectivity index (χ2v) is 4.73. The molecule has 1 aromatic heterocycles. The van der Waals surface area contributed by atoms with Gasteiger partial charge in [-0.05, 0) is 19.1 Å². The zero-order chi connectivity index (χ0) is 15.9. The van der Waals surface area contributed by atoms with E-state index in [1.807, 2.05) is 17.6 Å². The fourth-order valence-electron chi connectivity index (χ4n) is 2.08. The van der Waals surface area contributed by atoms with Crippen LogP contribution in [0.5, 0.6) is 0 Å². The molecule has 0 fully saturated rings. The first kappa shape index (κ1) is 15.7. The largest absolute Gasteiger partial charge is 0.383 e. The van der Waals surface area contributed by atoms with Crippen molar-refractivity contribution < 1.29 is 9.53 Å². The molecule has 1 N–H and O–H groups in total. The Hall–Kier alpha value is -2.72. The van der Waals surface area contributed by atoms with E-state index < -0.39 is 0 Å². The summed E-state index contributed by atoms with van der Waals surface area (Å²) in [5, 5.41) is 19.8. The lowest BCUT2D eigenvalue weighted by Crippen LogP contribution is -2.29. The Bertz CT molecular complexity index is 689. The number of aromatic nitrogens is 3. The topological polar surface area (TPSA) is 92.8 Å². The molecule has 1 unspecified atom stereocenters. The van der Waals surface area contributed by atoms with Crippen LogP contribution in [-0.4, -0.2) is 34.4 Å². The van der Waals surface area contributed by atoms with Crippen molar-refractivity contribution in [2.75, 3.05) is 13.7 Å². The Morgan fingerprint density at radius 2 is 2.27 bits per heavy atom. The molecule has 0 aliphatic carbocycles. The maximum absolute atomic E-state index is 12.3. The van der Waals surface area contributed by atoms with E-state index in [4.69, 9.17) is 10.00 Å². The second-order valence-electron chi connectivity index (χ2n) is 4.73. The van der Waals surface area contributed by atoms with E-state index in [1.165, 1.54) is 0 Å². The fraction of sp³-hybridized carbons (Fsp3) is 0.333. The van der Waals surface area contributed by atoms with Gasteiger partial charge in [-0.25, -0.2) is 0 Å². The van der Waals surface area contributed by atoms with Gasteiger partial charge in [-0.15, -0.1) is 10.2 Å². The smallest absolute Gasteiger partial charge is 0.253 e. The van der Waals surface area contributed by atoms with Gasteiger partial charge in [0.15, 0.2) is 5.82 Å². The summed E-state index contributed by atoms with van der Waals surface area (Å²) < 4.78 is 6.85. The molecule has 0 radical (unpaired) electrons. The highest BCUT2D eigenvalue weighted by molar-refractivity contribution is 5.96. The van der Waals surface area contributed by atoms with Crippen molar-refractivity contribution in [1.29, 1.82) is 5.26 Å². The minimum Gasteiger partial charge on any atom is -0.383 e. The van der Waals surface area contributed by atoms with Gasteiger partial charge in [0.05, 0.1) is 29.8 Å². The standard InChI is InChI=1S/C15H17N5O2/c1-11(14-19-17-10-20(14)7-8-22-2)18-15(21)13-6-4-3-5-12(13)9-16/h3-6,10-11H,7-8H2,1-2H3,(H,18,21). The Labute approximate surface area is 128 Å². The van der Waals surface area contributed by atoms with Gasteiger partial charge in [0.25, 0.3) is 5.91 Å². The van der Waals surface area contributed by atoms with Gasteiger partial charge < -0.3 is 14.6 Å². The van der Waals surface area contributed by atoms with Crippen molar-refractivity contribution >= 4 is 5.91 Å². The van der Waals surface area contributed by atoms with E-state index in [0.717, 1.165) is 0 Å². The van der Waals surface area contributed by atoms with Crippen molar-refractivity contribution in [3.05, 3.63) is 47.5 Å². The average Bonchev–Trinajstić information content (AvgIpc) is 3.01. The summed E-state index contributed by atoms with van der Waals surface area (Å²) in [5.41, 5.74) is 0.688. The number of nitriles is 1. The van der Waals surface area contributed by atoms with Crippen molar-refractivity contribution in [1.82, 2.24) is 20.1 Å². The van der Waals surface area contributed by atoms with Crippen LogP contribution in [0.3, 0.4) is 0 Å². The van der Waals surface area contributed by atoms with E-state index in [9.17, 15) is 4.79 Å². The van der Waals surface area contributed by atoms with Crippen LogP contribution in [0.4, 0.5) is 0 Å². The average molecular weight is 299 g/mol. The third-order valence-corrected chi connectivity index (χ3v) is 3.21. The minimum absolute atomic E-state index is 0.314. The summed E-state index contributed by atoms with van der Waals surface area (Å²) in [4.78, 5) is 12.3. The Kier molecular flexibility index (Phi) is 5.22. The fourth-order valence-corrected chi connectivity index (χ4v) is 2.08. The number of carbonyl (C=O) groups is 1. The number of benzene rings is 1. The normalized spacial score (nSPS) is 11.7. The predicted octanol–water partition coefficient (Wildman–Crippen LogP) is 1.29. The van der Waals surface area contributed by atoms with Crippen LogP contribution in [0, 0.1) is 11.3 Å². The first-order valence-corrected chi connectivity index (χ1v) is 6.84. The number of hydrogen-bond acceptors (Lipinski definition) is 5. The zero-order valence-corrected chi connectivity index (χ0v) is 12.5. The van der Waals surface area contributed by atoms with E-state index >= 15 is 0 Å². The summed E-state index contributed by atoms with van der Waals surface area (Å²) in [7, 11) is 1.62. The molecule has 1 atom stereocenters. The molecule has 114 valence electrons. The third-order valence-electron chi connectivity index (χ3n) is 3.21. The molecule has 22 heavy (non-hydrogen) atoms. The quantitative estimate of drug-likeness (QED) is 0.867. The first-order chi connectivity index (χ1) is 10.7. The van der Waals surface area contributed by atoms with Crippen molar-refractivity contribution in [2.45, 2.75) is 19.5 Å². The third kappa shape index (κ3) is 3.48. The van der Waals surface area contributed by atoms with Gasteiger partial charge in [0.2, 0.25) is 0 Å². The lowest BCUT2D eigenvalue weighted by Gasteiger charge is -2.15. The molecule has 0 aliphatic heterocycles. The zero-order valence-electron chi connectivity index (χ0n) is 12.5. The Morgan fingerprint density at radius 3 is 3.00 bits per heavy atom. The molecule has 0 saturated carbocycles. The highest BCUT2D eigenvalue weighted by Gasteiger charge is 2.18. The summed E-state index contributed by atoms with van der Waals surface area (Å²) in [6.07, 6.45) is 1.60. The molecule has 1 aromatic carbocycles. The highest BCUT2D eigenvalue weighted by atomic mass is 16.5. The van der Waals surface area contributed by atoms with Crippen LogP contribution in [0.25, 0.3) is 0 Å². The molecule has 0 spiro atoms. The van der Waals surface area contributed by atoms with Crippen LogP contribution in [0.15, 0.2) is 30.6 Å². The molecule has 0 saturated heterocycles. The summed E-state index contributed by atoms with van der Waals surface area (Å²) in [5.74, 6) is 0.325. The molecular formula is C15H17N5O2. The predicted molar refractivity (Wildman–Crippen MR) is 78.9 cm³/mol. The number of amides is 1. The van der Waals surface area contributed by atoms with Crippen LogP contribution in [0.2, 0.25) is 0 Å². The monoisotopic (exact) mass is 299 g/mol. The van der Waals surface area contributed by atoms with Crippen LogP contribution in [0.1, 0.15) is 34.7 Å². The maximum Gasteiger partial charge on any atom is 0.253 e. The van der Waals surface area contributed by atoms with E-state index in [2.05, 4.69) is 15.5 Å². The van der Waals surface area contributed by atoms with Crippen LogP contribution < -0.4 is 5.32 Å². The minimum atomic E-state index is -0.335. The molecule has 1 amide bonds. The SMILES string of the molecule is COCCn1cnnc1C(C)NC(=O)c1ccccc1C#N. The van der Waals surface area contributed by atoms with Gasteiger partial charge in [-0.2, -0.15) is 5.26 Å². The maximum atomic E-state index is 12.3.